The SMILES string of the molecule is [2H]c1c([2H])c(-c2ccc(C(F)(F)F)cc2)c(C)c([2H])c1CN(CCN(C([2H])([2H])C)C([2H])([2H])C)C(=O)C([2H])([2H])n1c(SCc2ccc(F)cc2)nc(=O)c2c1CCC2.[2H]c1c([2H])c(C([2H])([2H])N(C(=O)C([2H])([2H])n2c(SCc3ccc(F)cc3)nc(=O)c3c2CCC3)C([2H])([2H])C([2H])([2H])N(C([2H])([2H])C)C([2H])([2H])C)c([2H])c(C)c1-c1ccc(C(F)(F)F)cc1. The van der Waals surface area contributed by atoms with Crippen molar-refractivity contribution in [3.63, 3.8) is 0 Å². The Kier molecular flexibility index (Phi) is 15.9. The fourth-order valence-electron chi connectivity index (χ4n) is 10.2. The Morgan fingerprint density at radius 3 is 1.38 bits per heavy atom. The molecule has 0 bridgehead atoms. The quantitative estimate of drug-likeness (QED) is 0.0295. The van der Waals surface area contributed by atoms with E-state index in [2.05, 4.69) is 9.97 Å². The second-order valence-corrected chi connectivity index (χ2v) is 23.4. The molecule has 0 unspecified atom stereocenters. The lowest BCUT2D eigenvalue weighted by Crippen LogP contribution is -2.40. The van der Waals surface area contributed by atoms with E-state index in [1.807, 2.05) is 0 Å². The van der Waals surface area contributed by atoms with Crippen LogP contribution in [0.5, 0.6) is 0 Å². The van der Waals surface area contributed by atoms with Gasteiger partial charge in [-0.25, -0.2) is 8.78 Å². The average molecular weight is 1390 g/mol. The van der Waals surface area contributed by atoms with Crippen LogP contribution in [-0.4, -0.2) is 103 Å². The molecule has 0 atom stereocenters. The first-order valence-electron chi connectivity index (χ1n) is 41.8. The molecule has 10 rings (SSSR count). The number of fused-ring (bicyclic) bond motifs is 2. The van der Waals surface area contributed by atoms with Gasteiger partial charge in [-0.05, 0) is 183 Å². The molecule has 0 spiro atoms. The summed E-state index contributed by atoms with van der Waals surface area (Å²) in [5.41, 5.74) is -4.20. The number of halogens is 8. The number of rotatable bonds is 26. The molecular weight excluding hydrogens is 1280 g/mol. The van der Waals surface area contributed by atoms with Crippen molar-refractivity contribution in [1.29, 1.82) is 0 Å². The topological polar surface area (TPSA) is 117 Å². The first-order valence-corrected chi connectivity index (χ1v) is 31.7. The minimum atomic E-state index is -4.76. The molecule has 2 heterocycles. The van der Waals surface area contributed by atoms with Crippen molar-refractivity contribution in [2.24, 2.45) is 0 Å². The van der Waals surface area contributed by atoms with E-state index in [1.165, 1.54) is 43.3 Å². The first kappa shape index (κ1) is 46.3. The summed E-state index contributed by atoms with van der Waals surface area (Å²) in [4.78, 5) is 65.2. The Balaban J connectivity index is 0.000000274. The smallest absolute Gasteiger partial charge is 0.336 e. The Labute approximate surface area is 597 Å². The van der Waals surface area contributed by atoms with Gasteiger partial charge in [0.25, 0.3) is 11.1 Å². The Morgan fingerprint density at radius 2 is 0.948 bits per heavy atom. The predicted octanol–water partition coefficient (Wildman–Crippen LogP) is 15.1. The summed E-state index contributed by atoms with van der Waals surface area (Å²) in [6, 6.07) is 12.9. The molecule has 0 saturated heterocycles. The number of nitrogens with zero attached hydrogens (tertiary/aromatic N) is 8. The second kappa shape index (κ2) is 32.9. The van der Waals surface area contributed by atoms with Crippen molar-refractivity contribution in [3.8, 4) is 22.3 Å². The number of hydrogen-bond donors (Lipinski definition) is 0. The highest BCUT2D eigenvalue weighted by molar-refractivity contribution is 7.98. The Hall–Kier alpha value is -7.92. The van der Waals surface area contributed by atoms with Crippen molar-refractivity contribution in [3.05, 3.63) is 233 Å². The molecule has 0 aliphatic heterocycles. The molecule has 22 heteroatoms. The molecular formula is C74H80F8N8O4S2. The van der Waals surface area contributed by atoms with Gasteiger partial charge in [-0.1, -0.05) is 136 Å². The molecule has 508 valence electrons. The molecule has 0 N–H and O–H groups in total. The maximum atomic E-state index is 15.2. The maximum absolute atomic E-state index is 15.2. The van der Waals surface area contributed by atoms with Crippen molar-refractivity contribution < 1.29 is 77.6 Å². The summed E-state index contributed by atoms with van der Waals surface area (Å²) in [7, 11) is 0. The number of carbonyl (C=O) groups excluding carboxylic acids is 2. The van der Waals surface area contributed by atoms with Gasteiger partial charge in [0.1, 0.15) is 24.6 Å². The fourth-order valence-corrected chi connectivity index (χ4v) is 12.1. The summed E-state index contributed by atoms with van der Waals surface area (Å²) < 4.78 is 322. The van der Waals surface area contributed by atoms with Crippen LogP contribution in [0.15, 0.2) is 153 Å². The third-order valence-electron chi connectivity index (χ3n) is 15.2. The van der Waals surface area contributed by atoms with Crippen molar-refractivity contribution in [1.82, 2.24) is 38.7 Å². The van der Waals surface area contributed by atoms with E-state index >= 15 is 4.79 Å². The Bertz CT molecular complexity index is 5250. The van der Waals surface area contributed by atoms with Gasteiger partial charge in [-0.2, -0.15) is 36.3 Å². The van der Waals surface area contributed by atoms with E-state index in [9.17, 15) is 60.5 Å². The van der Waals surface area contributed by atoms with E-state index in [0.717, 1.165) is 95.4 Å². The molecule has 6 aromatic carbocycles. The van der Waals surface area contributed by atoms with Gasteiger partial charge < -0.3 is 28.7 Å². The zero-order chi connectivity index (χ0) is 90.2. The number of carbonyl (C=O) groups is 2. The molecule has 12 nitrogen and oxygen atoms in total. The van der Waals surface area contributed by atoms with E-state index in [-0.39, 0.29) is 121 Å². The van der Waals surface area contributed by atoms with Crippen LogP contribution in [0.3, 0.4) is 0 Å². The van der Waals surface area contributed by atoms with Crippen LogP contribution in [-0.2, 0) is 85.2 Å². The number of benzene rings is 6. The fraction of sp³-hybridized carbons (Fsp3) is 0.378. The number of likely N-dealkylation sites (N-methyl/N-ethyl adjacent to an activating group) is 2. The minimum absolute atomic E-state index is 0.0120. The summed E-state index contributed by atoms with van der Waals surface area (Å²) >= 11 is 1.63. The van der Waals surface area contributed by atoms with Crippen molar-refractivity contribution >= 4 is 35.3 Å². The van der Waals surface area contributed by atoms with Crippen LogP contribution in [0.4, 0.5) is 35.1 Å². The molecule has 2 aliphatic carbocycles. The third kappa shape index (κ3) is 18.8. The molecule has 96 heavy (non-hydrogen) atoms. The van der Waals surface area contributed by atoms with Crippen LogP contribution in [0, 0.1) is 25.5 Å². The van der Waals surface area contributed by atoms with E-state index < -0.39 is 182 Å². The van der Waals surface area contributed by atoms with Crippen LogP contribution in [0.25, 0.3) is 22.3 Å². The lowest BCUT2D eigenvalue weighted by atomic mass is 9.97. The van der Waals surface area contributed by atoms with Crippen LogP contribution < -0.4 is 11.1 Å². The van der Waals surface area contributed by atoms with Crippen LogP contribution in [0.2, 0.25) is 0 Å². The average Bonchev–Trinajstić information content (AvgIpc) is 0.723. The molecule has 8 aromatic rings. The van der Waals surface area contributed by atoms with Gasteiger partial charge >= 0.3 is 12.4 Å². The highest BCUT2D eigenvalue weighted by Crippen LogP contribution is 2.35. The molecule has 2 aliphatic rings. The van der Waals surface area contributed by atoms with E-state index in [0.29, 0.717) is 59.9 Å². The molecule has 2 aromatic heterocycles. The largest absolute Gasteiger partial charge is 0.416 e. The predicted molar refractivity (Wildman–Crippen MR) is 363 cm³/mol. The van der Waals surface area contributed by atoms with E-state index in [1.54, 1.807) is 0 Å². The van der Waals surface area contributed by atoms with Gasteiger partial charge in [-0.3, -0.25) is 19.2 Å². The van der Waals surface area contributed by atoms with E-state index in [4.69, 9.17) is 21.9 Å². The van der Waals surface area contributed by atoms with Crippen LogP contribution >= 0.6 is 23.5 Å². The monoisotopic (exact) mass is 1380 g/mol. The summed E-state index contributed by atoms with van der Waals surface area (Å²) in [5, 5.41) is -0.649. The normalized spacial score (nSPS) is 17.8. The third-order valence-corrected chi connectivity index (χ3v) is 17.2. The van der Waals surface area contributed by atoms with Gasteiger partial charge in [0.05, 0.1) is 30.3 Å². The van der Waals surface area contributed by atoms with Gasteiger partial charge in [0.2, 0.25) is 11.8 Å². The van der Waals surface area contributed by atoms with Crippen LogP contribution in [0.1, 0.15) is 140 Å². The standard InChI is InChI=1S/2C37H40F4N4O2S/c2*1-4-43(5-2)19-20-44(22-27-11-18-31(25(3)21-27)28-12-14-29(15-13-28)37(39,40)41)34(46)23-45-33-8-6-7-32(33)35(47)42-36(45)48-24-26-9-16-30(38)17-10-26/h2*9-18,21H,4-8,19-20,22-24H2,1-3H3/i4D2,5D2,11D,18D,19D2,20D2,21D,22D2,23D2;4D2,5D2,11D,18D,21D,23D2. The number of amides is 2. The minimum Gasteiger partial charge on any atom is -0.336 e. The maximum Gasteiger partial charge on any atom is 0.416 e. The lowest BCUT2D eigenvalue weighted by Gasteiger charge is -2.28. The molecule has 0 saturated carbocycles. The number of hydrogen-bond acceptors (Lipinski definition) is 10. The molecule has 2 amide bonds. The summed E-state index contributed by atoms with van der Waals surface area (Å²) in [5.74, 6) is -4.59. The first-order chi connectivity index (χ1) is 54.9. The van der Waals surface area contributed by atoms with Gasteiger partial charge in [0.15, 0.2) is 10.3 Å². The number of alkyl halides is 6. The molecule has 0 radical (unpaired) electrons. The number of aromatic nitrogens is 4. The Morgan fingerprint density at radius 1 is 0.531 bits per heavy atom. The lowest BCUT2D eigenvalue weighted by molar-refractivity contribution is -0.138. The van der Waals surface area contributed by atoms with Crippen molar-refractivity contribution in [2.45, 2.75) is 140 Å². The zero-order valence-corrected chi connectivity index (χ0v) is 54.2. The number of thioether (sulfide) groups is 2. The second-order valence-electron chi connectivity index (χ2n) is 21.5. The van der Waals surface area contributed by atoms with Gasteiger partial charge in [0, 0.05) is 86.9 Å². The zero-order valence-electron chi connectivity index (χ0n) is 76.6. The summed E-state index contributed by atoms with van der Waals surface area (Å²) in [6.45, 7) is -25.9. The van der Waals surface area contributed by atoms with Crippen molar-refractivity contribution in [2.75, 3.05) is 52.1 Å². The highest BCUT2D eigenvalue weighted by atomic mass is 32.2. The molecule has 0 fully saturated rings. The van der Waals surface area contributed by atoms with Gasteiger partial charge in [-0.15, -0.1) is 0 Å². The highest BCUT2D eigenvalue weighted by Gasteiger charge is 2.32. The summed E-state index contributed by atoms with van der Waals surface area (Å²) in [6.07, 6.45) is -8.18.